The predicted molar refractivity (Wildman–Crippen MR) is 134 cm³/mol. The molecule has 3 heterocycles. The molecular weight excluding hydrogens is 468 g/mol. The Morgan fingerprint density at radius 2 is 2.09 bits per heavy atom. The first-order valence-corrected chi connectivity index (χ1v) is 13.6. The molecule has 0 spiro atoms. The summed E-state index contributed by atoms with van der Waals surface area (Å²) in [6.45, 7) is 8.76. The summed E-state index contributed by atoms with van der Waals surface area (Å²) in [5, 5.41) is 3.73. The van der Waals surface area contributed by atoms with Gasteiger partial charge in [-0.2, -0.15) is 11.8 Å². The molecule has 1 aliphatic heterocycles. The second-order valence-corrected chi connectivity index (χ2v) is 11.9. The van der Waals surface area contributed by atoms with Gasteiger partial charge >= 0.3 is 12.1 Å². The van der Waals surface area contributed by atoms with E-state index in [4.69, 9.17) is 18.6 Å². The summed E-state index contributed by atoms with van der Waals surface area (Å²) in [5.74, 6) is 0.452. The Labute approximate surface area is 210 Å². The molecule has 0 aromatic carbocycles. The van der Waals surface area contributed by atoms with Gasteiger partial charge in [-0.3, -0.25) is 4.98 Å². The lowest BCUT2D eigenvalue weighted by Gasteiger charge is -2.34. The van der Waals surface area contributed by atoms with Gasteiger partial charge < -0.3 is 23.9 Å². The summed E-state index contributed by atoms with van der Waals surface area (Å²) in [7, 11) is 0. The molecule has 1 saturated heterocycles. The van der Waals surface area contributed by atoms with Crippen molar-refractivity contribution in [3.63, 3.8) is 0 Å². The monoisotopic (exact) mass is 504 g/mol. The van der Waals surface area contributed by atoms with Gasteiger partial charge in [0, 0.05) is 44.0 Å². The summed E-state index contributed by atoms with van der Waals surface area (Å²) >= 11 is 1.49. The van der Waals surface area contributed by atoms with Crippen LogP contribution in [0.15, 0.2) is 22.7 Å². The molecule has 1 aliphatic carbocycles. The van der Waals surface area contributed by atoms with E-state index in [-0.39, 0.29) is 6.42 Å². The number of cyclic esters (lactones) is 1. The molecule has 2 aromatic rings. The number of carbonyl (C=O) groups excluding carboxylic acids is 2. The maximum Gasteiger partial charge on any atom is 0.408 e. The lowest BCUT2D eigenvalue weighted by Crippen LogP contribution is -2.60. The van der Waals surface area contributed by atoms with Gasteiger partial charge in [-0.15, -0.1) is 0 Å². The third-order valence-electron chi connectivity index (χ3n) is 6.20. The quantitative estimate of drug-likeness (QED) is 0.475. The predicted octanol–water partition coefficient (Wildman–Crippen LogP) is 5.02. The number of amides is 1. The Morgan fingerprint density at radius 3 is 2.69 bits per heavy atom. The third-order valence-corrected chi connectivity index (χ3v) is 6.87. The van der Waals surface area contributed by atoms with Gasteiger partial charge in [0.1, 0.15) is 16.9 Å². The highest BCUT2D eigenvalue weighted by atomic mass is 32.2. The van der Waals surface area contributed by atoms with E-state index in [0.717, 1.165) is 35.5 Å². The molecular formula is C26H36N2O6S. The van der Waals surface area contributed by atoms with Crippen LogP contribution in [-0.4, -0.2) is 52.1 Å². The highest BCUT2D eigenvalue weighted by Crippen LogP contribution is 2.40. The number of nitrogens with zero attached hydrogens (tertiary/aromatic N) is 1. The molecule has 1 saturated carbocycles. The Bertz CT molecular complexity index is 1090. The van der Waals surface area contributed by atoms with Crippen LogP contribution in [0, 0.1) is 5.92 Å². The number of alkyl carbamates (subject to hydrolysis) is 1. The molecule has 2 fully saturated rings. The van der Waals surface area contributed by atoms with Crippen LogP contribution in [0.1, 0.15) is 65.3 Å². The average molecular weight is 505 g/mol. The molecule has 2 atom stereocenters. The summed E-state index contributed by atoms with van der Waals surface area (Å²) in [4.78, 5) is 30.8. The van der Waals surface area contributed by atoms with E-state index in [1.54, 1.807) is 40.8 Å². The zero-order valence-electron chi connectivity index (χ0n) is 21.4. The molecule has 4 rings (SSSR count). The zero-order valence-corrected chi connectivity index (χ0v) is 22.3. The fourth-order valence-corrected chi connectivity index (χ4v) is 5.19. The number of aryl methyl sites for hydroxylation is 1. The molecule has 35 heavy (non-hydrogen) atoms. The molecule has 192 valence electrons. The number of rotatable bonds is 9. The van der Waals surface area contributed by atoms with Crippen molar-refractivity contribution < 1.29 is 28.2 Å². The number of ether oxygens (including phenoxy) is 3. The van der Waals surface area contributed by atoms with Crippen LogP contribution in [0.4, 0.5) is 4.79 Å². The first kappa shape index (κ1) is 25.8. The molecule has 0 unspecified atom stereocenters. The van der Waals surface area contributed by atoms with E-state index in [1.165, 1.54) is 24.6 Å². The highest BCUT2D eigenvalue weighted by Gasteiger charge is 2.59. The minimum Gasteiger partial charge on any atom is -0.461 e. The number of hydrogen-bond acceptors (Lipinski definition) is 8. The van der Waals surface area contributed by atoms with Gasteiger partial charge in [-0.1, -0.05) is 12.8 Å². The number of pyridine rings is 1. The maximum absolute atomic E-state index is 13.4. The Morgan fingerprint density at radius 1 is 1.34 bits per heavy atom. The van der Waals surface area contributed by atoms with E-state index in [1.807, 2.05) is 18.4 Å². The molecule has 2 aliphatic rings. The van der Waals surface area contributed by atoms with Gasteiger partial charge in [-0.25, -0.2) is 9.59 Å². The smallest absolute Gasteiger partial charge is 0.408 e. The van der Waals surface area contributed by atoms with Crippen molar-refractivity contribution in [2.75, 3.05) is 12.0 Å². The van der Waals surface area contributed by atoms with Crippen molar-refractivity contribution in [1.29, 1.82) is 0 Å². The minimum absolute atomic E-state index is 0.120. The maximum atomic E-state index is 13.4. The van der Waals surface area contributed by atoms with Gasteiger partial charge in [0.15, 0.2) is 5.60 Å². The molecule has 1 N–H and O–H groups in total. The molecule has 0 radical (unpaired) electrons. The van der Waals surface area contributed by atoms with Gasteiger partial charge in [0.05, 0.1) is 11.7 Å². The Balaban J connectivity index is 1.67. The van der Waals surface area contributed by atoms with Crippen LogP contribution in [0.25, 0.3) is 11.0 Å². The van der Waals surface area contributed by atoms with Gasteiger partial charge in [-0.05, 0) is 51.5 Å². The number of nitrogens with one attached hydrogen (secondary N) is 1. The second kappa shape index (κ2) is 9.65. The number of hydrogen-bond donors (Lipinski definition) is 1. The molecule has 0 bridgehead atoms. The number of thioether (sulfide) groups is 1. The van der Waals surface area contributed by atoms with Crippen LogP contribution < -0.4 is 5.32 Å². The summed E-state index contributed by atoms with van der Waals surface area (Å²) < 4.78 is 23.5. The second-order valence-electron chi connectivity index (χ2n) is 11.0. The van der Waals surface area contributed by atoms with Crippen LogP contribution in [0.2, 0.25) is 0 Å². The summed E-state index contributed by atoms with van der Waals surface area (Å²) in [5.41, 5.74) is -0.771. The Kier molecular flexibility index (Phi) is 7.12. The molecule has 9 heteroatoms. The number of fused-ring (bicyclic) bond motifs is 1. The first-order chi connectivity index (χ1) is 16.4. The summed E-state index contributed by atoms with van der Waals surface area (Å²) in [6.07, 6.45) is 7.68. The number of aromatic nitrogens is 1. The fraction of sp³-hybridized carbons (Fsp3) is 0.654. The summed E-state index contributed by atoms with van der Waals surface area (Å²) in [6, 6.07) is 3.15. The Hall–Kier alpha value is -2.26. The third kappa shape index (κ3) is 6.12. The van der Waals surface area contributed by atoms with Crippen molar-refractivity contribution in [3.8, 4) is 0 Å². The largest absolute Gasteiger partial charge is 0.461 e. The van der Waals surface area contributed by atoms with E-state index in [0.29, 0.717) is 11.4 Å². The zero-order chi connectivity index (χ0) is 25.4. The van der Waals surface area contributed by atoms with E-state index >= 15 is 0 Å². The van der Waals surface area contributed by atoms with Crippen LogP contribution in [0.5, 0.6) is 0 Å². The van der Waals surface area contributed by atoms with Crippen molar-refractivity contribution >= 4 is 34.8 Å². The minimum atomic E-state index is -1.48. The highest BCUT2D eigenvalue weighted by molar-refractivity contribution is 7.98. The van der Waals surface area contributed by atoms with Crippen molar-refractivity contribution in [2.45, 2.75) is 89.8 Å². The van der Waals surface area contributed by atoms with Crippen LogP contribution >= 0.6 is 11.8 Å². The fourth-order valence-electron chi connectivity index (χ4n) is 4.50. The number of furan rings is 1. The van der Waals surface area contributed by atoms with Crippen molar-refractivity contribution in [1.82, 2.24) is 10.3 Å². The lowest BCUT2D eigenvalue weighted by atomic mass is 9.88. The average Bonchev–Trinajstić information content (AvgIpc) is 3.41. The first-order valence-electron chi connectivity index (χ1n) is 12.2. The van der Waals surface area contributed by atoms with E-state index in [9.17, 15) is 9.59 Å². The number of esters is 1. The van der Waals surface area contributed by atoms with Crippen molar-refractivity contribution in [2.24, 2.45) is 5.92 Å². The SMILES string of the molecule is CSC[C@@H](NC(=O)OC(C)(C)C)[C@@]1(Cc2nccc3oc(CCC4CC4)cc23)OC(C)(C)OC1=O. The normalized spacial score (nSPS) is 22.7. The van der Waals surface area contributed by atoms with Crippen molar-refractivity contribution in [3.05, 3.63) is 29.8 Å². The van der Waals surface area contributed by atoms with Gasteiger partial charge in [0.2, 0.25) is 5.79 Å². The lowest BCUT2D eigenvalue weighted by molar-refractivity contribution is -0.169. The van der Waals surface area contributed by atoms with Crippen LogP contribution in [0.3, 0.4) is 0 Å². The van der Waals surface area contributed by atoms with Crippen LogP contribution in [-0.2, 0) is 31.8 Å². The molecule has 8 nitrogen and oxygen atoms in total. The van der Waals surface area contributed by atoms with E-state index < -0.39 is 35.1 Å². The standard InChI is InChI=1S/C26H36N2O6S/c1-24(2,3)33-23(30)28-21(15-35-6)26(22(29)32-25(4,5)34-26)14-19-18-13-17(10-9-16-7-8-16)31-20(18)11-12-27-19/h11-13,16,21H,7-10,14-15H2,1-6H3,(H,28,30)/t21-,26-/m1/s1. The molecule has 1 amide bonds. The van der Waals surface area contributed by atoms with Gasteiger partial charge in [0.25, 0.3) is 0 Å². The molecule has 2 aromatic heterocycles. The van der Waals surface area contributed by atoms with E-state index in [2.05, 4.69) is 10.3 Å². The topological polar surface area (TPSA) is 99.9 Å². The number of carbonyl (C=O) groups is 2.